The van der Waals surface area contributed by atoms with Gasteiger partial charge in [-0.15, -0.1) is 0 Å². The van der Waals surface area contributed by atoms with Crippen molar-refractivity contribution in [2.75, 3.05) is 13.2 Å². The van der Waals surface area contributed by atoms with Crippen molar-refractivity contribution in [3.8, 4) is 11.5 Å². The molecule has 1 atom stereocenters. The monoisotopic (exact) mass is 419 g/mol. The summed E-state index contributed by atoms with van der Waals surface area (Å²) < 4.78 is 50.4. The number of carbonyl (C=O) groups excluding carboxylic acids is 1. The fourth-order valence-corrected chi connectivity index (χ4v) is 3.85. The summed E-state index contributed by atoms with van der Waals surface area (Å²) in [5.41, 5.74) is 0.783. The summed E-state index contributed by atoms with van der Waals surface area (Å²) in [5.74, 6) is 1.34. The fraction of sp³-hybridized carbons (Fsp3) is 0.435. The van der Waals surface area contributed by atoms with E-state index in [9.17, 15) is 18.0 Å². The minimum absolute atomic E-state index is 0.0442. The predicted molar refractivity (Wildman–Crippen MR) is 105 cm³/mol. The van der Waals surface area contributed by atoms with Crippen LogP contribution < -0.4 is 9.47 Å². The minimum atomic E-state index is -4.40. The van der Waals surface area contributed by atoms with E-state index in [1.165, 1.54) is 6.07 Å². The molecule has 1 amide bonds. The average molecular weight is 419 g/mol. The molecule has 160 valence electrons. The summed E-state index contributed by atoms with van der Waals surface area (Å²) in [7, 11) is 0. The third-order valence-corrected chi connectivity index (χ3v) is 5.58. The molecule has 1 saturated carbocycles. The van der Waals surface area contributed by atoms with Crippen molar-refractivity contribution in [2.24, 2.45) is 0 Å². The zero-order valence-electron chi connectivity index (χ0n) is 16.7. The van der Waals surface area contributed by atoms with E-state index in [0.717, 1.165) is 30.5 Å². The van der Waals surface area contributed by atoms with Crippen LogP contribution in [0.4, 0.5) is 13.2 Å². The Morgan fingerprint density at radius 1 is 1.10 bits per heavy atom. The maximum atomic E-state index is 13.1. The molecule has 1 heterocycles. The largest absolute Gasteiger partial charge is 0.486 e. The molecule has 4 nitrogen and oxygen atoms in total. The SMILES string of the molecule is CC(c1cccc(C(F)(F)F)c1)N(C(=O)CCc1ccc2c(c1)OCCO2)C1CC1. The second-order valence-electron chi connectivity index (χ2n) is 7.81. The van der Waals surface area contributed by atoms with Crippen molar-refractivity contribution in [3.05, 3.63) is 59.2 Å². The first-order valence-corrected chi connectivity index (χ1v) is 10.2. The molecule has 0 bridgehead atoms. The van der Waals surface area contributed by atoms with Gasteiger partial charge < -0.3 is 14.4 Å². The van der Waals surface area contributed by atoms with Crippen molar-refractivity contribution < 1.29 is 27.4 Å². The van der Waals surface area contributed by atoms with Crippen LogP contribution >= 0.6 is 0 Å². The van der Waals surface area contributed by atoms with Gasteiger partial charge in [-0.1, -0.05) is 18.2 Å². The molecule has 0 spiro atoms. The topological polar surface area (TPSA) is 38.8 Å². The van der Waals surface area contributed by atoms with Crippen LogP contribution in [-0.4, -0.2) is 30.1 Å². The summed E-state index contributed by atoms with van der Waals surface area (Å²) in [5, 5.41) is 0. The molecule has 1 aliphatic heterocycles. The van der Waals surface area contributed by atoms with Gasteiger partial charge in [0.25, 0.3) is 0 Å². The molecule has 7 heteroatoms. The average Bonchev–Trinajstić information content (AvgIpc) is 3.56. The first kappa shape index (κ1) is 20.6. The summed E-state index contributed by atoms with van der Waals surface area (Å²) in [6, 6.07) is 10.6. The molecule has 2 aromatic rings. The Morgan fingerprint density at radius 2 is 1.83 bits per heavy atom. The third kappa shape index (κ3) is 4.55. The van der Waals surface area contributed by atoms with Crippen molar-refractivity contribution in [1.82, 2.24) is 4.90 Å². The van der Waals surface area contributed by atoms with Crippen LogP contribution in [0.1, 0.15) is 48.9 Å². The second kappa shape index (κ2) is 8.20. The summed E-state index contributed by atoms with van der Waals surface area (Å²) in [4.78, 5) is 14.8. The third-order valence-electron chi connectivity index (χ3n) is 5.58. The highest BCUT2D eigenvalue weighted by molar-refractivity contribution is 5.77. The summed E-state index contributed by atoms with van der Waals surface area (Å²) >= 11 is 0. The highest BCUT2D eigenvalue weighted by atomic mass is 19.4. The van der Waals surface area contributed by atoms with Crippen LogP contribution in [0.2, 0.25) is 0 Å². The molecule has 1 fully saturated rings. The number of ether oxygens (including phenoxy) is 2. The molecule has 2 aromatic carbocycles. The van der Waals surface area contributed by atoms with Crippen molar-refractivity contribution >= 4 is 5.91 Å². The number of rotatable bonds is 6. The van der Waals surface area contributed by atoms with Gasteiger partial charge in [0.05, 0.1) is 11.6 Å². The first-order valence-electron chi connectivity index (χ1n) is 10.2. The molecule has 30 heavy (non-hydrogen) atoms. The van der Waals surface area contributed by atoms with Crippen molar-refractivity contribution in [1.29, 1.82) is 0 Å². The van der Waals surface area contributed by atoms with Gasteiger partial charge in [0.1, 0.15) is 13.2 Å². The molecule has 0 N–H and O–H groups in total. The van der Waals surface area contributed by atoms with Gasteiger partial charge in [-0.2, -0.15) is 13.2 Å². The van der Waals surface area contributed by atoms with Crippen molar-refractivity contribution in [2.45, 2.75) is 50.9 Å². The molecule has 2 aliphatic rings. The summed E-state index contributed by atoms with van der Waals surface area (Å²) in [6.07, 6.45) is -1.80. The molecular weight excluding hydrogens is 395 g/mol. The van der Waals surface area contributed by atoms with Gasteiger partial charge in [-0.05, 0) is 61.6 Å². The van der Waals surface area contributed by atoms with E-state index in [2.05, 4.69) is 0 Å². The van der Waals surface area contributed by atoms with E-state index < -0.39 is 17.8 Å². The normalized spacial score (nSPS) is 16.8. The fourth-order valence-electron chi connectivity index (χ4n) is 3.85. The number of amides is 1. The number of hydrogen-bond acceptors (Lipinski definition) is 3. The van der Waals surface area contributed by atoms with Crippen LogP contribution in [-0.2, 0) is 17.4 Å². The number of halogens is 3. The number of benzene rings is 2. The van der Waals surface area contributed by atoms with E-state index in [0.29, 0.717) is 43.1 Å². The highest BCUT2D eigenvalue weighted by Crippen LogP contribution is 2.37. The lowest BCUT2D eigenvalue weighted by molar-refractivity contribution is -0.137. The van der Waals surface area contributed by atoms with Gasteiger partial charge in [0.2, 0.25) is 5.91 Å². The van der Waals surface area contributed by atoms with E-state index in [1.807, 2.05) is 18.2 Å². The van der Waals surface area contributed by atoms with Crippen LogP contribution in [0, 0.1) is 0 Å². The van der Waals surface area contributed by atoms with Crippen molar-refractivity contribution in [3.63, 3.8) is 0 Å². The zero-order valence-corrected chi connectivity index (χ0v) is 16.7. The van der Waals surface area contributed by atoms with Crippen LogP contribution in [0.15, 0.2) is 42.5 Å². The number of alkyl halides is 3. The molecule has 4 rings (SSSR count). The number of nitrogens with zero attached hydrogens (tertiary/aromatic N) is 1. The maximum Gasteiger partial charge on any atom is 0.416 e. The molecule has 1 unspecified atom stereocenters. The second-order valence-corrected chi connectivity index (χ2v) is 7.81. The predicted octanol–water partition coefficient (Wildman–Crippen LogP) is 5.16. The van der Waals surface area contributed by atoms with Crippen LogP contribution in [0.3, 0.4) is 0 Å². The Labute approximate surface area is 173 Å². The van der Waals surface area contributed by atoms with Crippen LogP contribution in [0.25, 0.3) is 0 Å². The lowest BCUT2D eigenvalue weighted by Crippen LogP contribution is -2.35. The quantitative estimate of drug-likeness (QED) is 0.649. The lowest BCUT2D eigenvalue weighted by Gasteiger charge is -2.30. The maximum absolute atomic E-state index is 13.1. The lowest BCUT2D eigenvalue weighted by atomic mass is 10.0. The Hall–Kier alpha value is -2.70. The number of fused-ring (bicyclic) bond motifs is 1. The minimum Gasteiger partial charge on any atom is -0.486 e. The van der Waals surface area contributed by atoms with Gasteiger partial charge in [-0.25, -0.2) is 0 Å². The van der Waals surface area contributed by atoms with Gasteiger partial charge >= 0.3 is 6.18 Å². The van der Waals surface area contributed by atoms with Gasteiger partial charge in [-0.3, -0.25) is 4.79 Å². The molecule has 1 aliphatic carbocycles. The number of carbonyl (C=O) groups is 1. The summed E-state index contributed by atoms with van der Waals surface area (Å²) in [6.45, 7) is 2.82. The Balaban J connectivity index is 1.46. The Morgan fingerprint density at radius 3 is 2.53 bits per heavy atom. The Kier molecular flexibility index (Phi) is 5.62. The standard InChI is InChI=1S/C23H24F3NO3/c1-15(17-3-2-4-18(14-17)23(24,25)26)27(19-7-8-19)22(28)10-6-16-5-9-20-21(13-16)30-12-11-29-20/h2-5,9,13-15,19H,6-8,10-12H2,1H3. The van der Waals surface area contributed by atoms with Gasteiger partial charge in [0, 0.05) is 12.5 Å². The van der Waals surface area contributed by atoms with E-state index >= 15 is 0 Å². The first-order chi connectivity index (χ1) is 14.3. The number of hydrogen-bond donors (Lipinski definition) is 0. The molecule has 0 radical (unpaired) electrons. The molecular formula is C23H24F3NO3. The van der Waals surface area contributed by atoms with Crippen LogP contribution in [0.5, 0.6) is 11.5 Å². The van der Waals surface area contributed by atoms with Gasteiger partial charge in [0.15, 0.2) is 11.5 Å². The van der Waals surface area contributed by atoms with E-state index in [-0.39, 0.29) is 11.9 Å². The van der Waals surface area contributed by atoms with E-state index in [4.69, 9.17) is 9.47 Å². The molecule has 0 saturated heterocycles. The highest BCUT2D eigenvalue weighted by Gasteiger charge is 2.37. The smallest absolute Gasteiger partial charge is 0.416 e. The Bertz CT molecular complexity index is 924. The zero-order chi connectivity index (χ0) is 21.3. The number of aryl methyl sites for hydroxylation is 1. The molecule has 0 aromatic heterocycles. The van der Waals surface area contributed by atoms with E-state index in [1.54, 1.807) is 17.9 Å².